The first-order valence-electron chi connectivity index (χ1n) is 7.61. The molecule has 3 rings (SSSR count). The van der Waals surface area contributed by atoms with Crippen molar-refractivity contribution in [1.82, 2.24) is 0 Å². The quantitative estimate of drug-likeness (QED) is 0.831. The summed E-state index contributed by atoms with van der Waals surface area (Å²) in [5.74, 6) is 1.43. The van der Waals surface area contributed by atoms with E-state index in [4.69, 9.17) is 21.7 Å². The molecule has 0 aliphatic heterocycles. The second-order valence-corrected chi connectivity index (χ2v) is 5.93. The van der Waals surface area contributed by atoms with Crippen LogP contribution in [0.2, 0.25) is 0 Å². The van der Waals surface area contributed by atoms with E-state index in [0.29, 0.717) is 16.6 Å². The van der Waals surface area contributed by atoms with E-state index in [1.165, 1.54) is 24.0 Å². The molecule has 23 heavy (non-hydrogen) atoms. The fraction of sp³-hybridized carbons (Fsp3) is 0.278. The van der Waals surface area contributed by atoms with E-state index in [2.05, 4.69) is 28.8 Å². The van der Waals surface area contributed by atoms with Crippen LogP contribution in [-0.2, 0) is 12.8 Å². The fourth-order valence-corrected chi connectivity index (χ4v) is 3.06. The smallest absolute Gasteiger partial charge is 0.175 e. The minimum absolute atomic E-state index is 0.540. The SMILES string of the molecule is COc1cc(NC(=S)Nc2ccc3c(c2)CCC3)cc(OC)c1. The zero-order chi connectivity index (χ0) is 16.2. The van der Waals surface area contributed by atoms with Gasteiger partial charge >= 0.3 is 0 Å². The Morgan fingerprint density at radius 1 is 0.870 bits per heavy atom. The van der Waals surface area contributed by atoms with E-state index in [9.17, 15) is 0 Å². The van der Waals surface area contributed by atoms with Crippen LogP contribution in [0.4, 0.5) is 11.4 Å². The molecule has 0 saturated heterocycles. The zero-order valence-electron chi connectivity index (χ0n) is 13.3. The van der Waals surface area contributed by atoms with Crippen molar-refractivity contribution < 1.29 is 9.47 Å². The monoisotopic (exact) mass is 328 g/mol. The van der Waals surface area contributed by atoms with Crippen molar-refractivity contribution in [3.63, 3.8) is 0 Å². The third-order valence-electron chi connectivity index (χ3n) is 3.97. The van der Waals surface area contributed by atoms with Gasteiger partial charge in [0.1, 0.15) is 11.5 Å². The van der Waals surface area contributed by atoms with Gasteiger partial charge < -0.3 is 20.1 Å². The average molecular weight is 328 g/mol. The molecule has 1 aliphatic carbocycles. The van der Waals surface area contributed by atoms with Gasteiger partial charge in [-0.2, -0.15) is 0 Å². The highest BCUT2D eigenvalue weighted by Gasteiger charge is 2.11. The predicted molar refractivity (Wildman–Crippen MR) is 97.9 cm³/mol. The average Bonchev–Trinajstić information content (AvgIpc) is 3.01. The van der Waals surface area contributed by atoms with Crippen LogP contribution < -0.4 is 20.1 Å². The molecule has 1 aliphatic rings. The molecular formula is C18H20N2O2S. The van der Waals surface area contributed by atoms with Gasteiger partial charge in [0.05, 0.1) is 14.2 Å². The fourth-order valence-electron chi connectivity index (χ4n) is 2.82. The Hall–Kier alpha value is -2.27. The van der Waals surface area contributed by atoms with Gasteiger partial charge in [-0.05, 0) is 54.7 Å². The van der Waals surface area contributed by atoms with Crippen molar-refractivity contribution in [1.29, 1.82) is 0 Å². The predicted octanol–water partition coefficient (Wildman–Crippen LogP) is 4.00. The van der Waals surface area contributed by atoms with Gasteiger partial charge in [-0.1, -0.05) is 6.07 Å². The summed E-state index contributed by atoms with van der Waals surface area (Å²) in [4.78, 5) is 0. The number of ether oxygens (including phenoxy) is 2. The van der Waals surface area contributed by atoms with Gasteiger partial charge in [-0.15, -0.1) is 0 Å². The van der Waals surface area contributed by atoms with Crippen molar-refractivity contribution in [2.24, 2.45) is 0 Å². The Morgan fingerprint density at radius 2 is 1.52 bits per heavy atom. The Balaban J connectivity index is 1.69. The molecule has 0 saturated carbocycles. The summed E-state index contributed by atoms with van der Waals surface area (Å²) in [5, 5.41) is 6.94. The van der Waals surface area contributed by atoms with Gasteiger partial charge in [0.15, 0.2) is 5.11 Å². The summed E-state index contributed by atoms with van der Waals surface area (Å²) in [5.41, 5.74) is 4.70. The normalized spacial score (nSPS) is 12.4. The first kappa shape index (κ1) is 15.6. The molecule has 0 heterocycles. The second kappa shape index (κ2) is 6.87. The molecule has 0 radical (unpaired) electrons. The first-order valence-corrected chi connectivity index (χ1v) is 8.01. The number of benzene rings is 2. The summed E-state index contributed by atoms with van der Waals surface area (Å²) in [6.45, 7) is 0. The van der Waals surface area contributed by atoms with Crippen molar-refractivity contribution in [3.8, 4) is 11.5 Å². The highest BCUT2D eigenvalue weighted by Crippen LogP contribution is 2.27. The summed E-state index contributed by atoms with van der Waals surface area (Å²) < 4.78 is 10.5. The Bertz CT molecular complexity index is 709. The number of rotatable bonds is 4. The van der Waals surface area contributed by atoms with E-state index >= 15 is 0 Å². The lowest BCUT2D eigenvalue weighted by Gasteiger charge is -2.13. The molecule has 0 aromatic heterocycles. The summed E-state index contributed by atoms with van der Waals surface area (Å²) in [7, 11) is 3.25. The maximum absolute atomic E-state index is 5.40. The van der Waals surface area contributed by atoms with Gasteiger partial charge in [-0.25, -0.2) is 0 Å². The Morgan fingerprint density at radius 3 is 2.22 bits per heavy atom. The maximum atomic E-state index is 5.40. The molecule has 2 N–H and O–H groups in total. The van der Waals surface area contributed by atoms with Crippen LogP contribution in [-0.4, -0.2) is 19.3 Å². The number of thiocarbonyl (C=S) groups is 1. The largest absolute Gasteiger partial charge is 0.497 e. The van der Waals surface area contributed by atoms with E-state index < -0.39 is 0 Å². The number of anilines is 2. The summed E-state index contributed by atoms with van der Waals surface area (Å²) >= 11 is 5.40. The molecule has 2 aromatic rings. The third kappa shape index (κ3) is 3.74. The van der Waals surface area contributed by atoms with Crippen LogP contribution in [0, 0.1) is 0 Å². The molecule has 5 heteroatoms. The van der Waals surface area contributed by atoms with Crippen LogP contribution in [0.3, 0.4) is 0 Å². The van der Waals surface area contributed by atoms with Crippen molar-refractivity contribution in [2.75, 3.05) is 24.9 Å². The first-order chi connectivity index (χ1) is 11.2. The molecular weight excluding hydrogens is 308 g/mol. The Kier molecular flexibility index (Phi) is 4.67. The van der Waals surface area contributed by atoms with Crippen molar-refractivity contribution in [3.05, 3.63) is 47.5 Å². The number of methoxy groups -OCH3 is 2. The van der Waals surface area contributed by atoms with Crippen LogP contribution >= 0.6 is 12.2 Å². The zero-order valence-corrected chi connectivity index (χ0v) is 14.1. The minimum Gasteiger partial charge on any atom is -0.497 e. The lowest BCUT2D eigenvalue weighted by molar-refractivity contribution is 0.395. The van der Waals surface area contributed by atoms with E-state index in [1.807, 2.05) is 18.2 Å². The molecule has 0 atom stereocenters. The van der Waals surface area contributed by atoms with Crippen LogP contribution in [0.25, 0.3) is 0 Å². The van der Waals surface area contributed by atoms with E-state index in [-0.39, 0.29) is 0 Å². The van der Waals surface area contributed by atoms with Gasteiger partial charge in [0.25, 0.3) is 0 Å². The van der Waals surface area contributed by atoms with Gasteiger partial charge in [0, 0.05) is 29.6 Å². The Labute approximate surface area is 141 Å². The molecule has 0 unspecified atom stereocenters. The number of aryl methyl sites for hydroxylation is 2. The van der Waals surface area contributed by atoms with Crippen molar-refractivity contribution >= 4 is 28.7 Å². The van der Waals surface area contributed by atoms with Gasteiger partial charge in [-0.3, -0.25) is 0 Å². The number of nitrogens with one attached hydrogen (secondary N) is 2. The minimum atomic E-state index is 0.540. The molecule has 2 aromatic carbocycles. The summed E-state index contributed by atoms with van der Waals surface area (Å²) in [6, 6.07) is 12.0. The van der Waals surface area contributed by atoms with Crippen LogP contribution in [0.5, 0.6) is 11.5 Å². The highest BCUT2D eigenvalue weighted by molar-refractivity contribution is 7.80. The van der Waals surface area contributed by atoms with Gasteiger partial charge in [0.2, 0.25) is 0 Å². The number of hydrogen-bond acceptors (Lipinski definition) is 3. The maximum Gasteiger partial charge on any atom is 0.175 e. The molecule has 120 valence electrons. The van der Waals surface area contributed by atoms with Crippen LogP contribution in [0.15, 0.2) is 36.4 Å². The third-order valence-corrected chi connectivity index (χ3v) is 4.17. The van der Waals surface area contributed by atoms with Crippen molar-refractivity contribution in [2.45, 2.75) is 19.3 Å². The van der Waals surface area contributed by atoms with E-state index in [0.717, 1.165) is 17.8 Å². The molecule has 0 spiro atoms. The lowest BCUT2D eigenvalue weighted by atomic mass is 10.1. The van der Waals surface area contributed by atoms with Crippen LogP contribution in [0.1, 0.15) is 17.5 Å². The molecule has 0 fully saturated rings. The standard InChI is InChI=1S/C18H20N2O2S/c1-21-16-9-15(10-17(11-16)22-2)20-18(23)19-14-7-6-12-4-3-5-13(12)8-14/h6-11H,3-5H2,1-2H3,(H2,19,20,23). The number of hydrogen-bond donors (Lipinski definition) is 2. The molecule has 0 bridgehead atoms. The molecule has 0 amide bonds. The molecule has 4 nitrogen and oxygen atoms in total. The topological polar surface area (TPSA) is 42.5 Å². The van der Waals surface area contributed by atoms with E-state index in [1.54, 1.807) is 14.2 Å². The number of fused-ring (bicyclic) bond motifs is 1. The lowest BCUT2D eigenvalue weighted by Crippen LogP contribution is -2.19. The summed E-state index contributed by atoms with van der Waals surface area (Å²) in [6.07, 6.45) is 3.57. The highest BCUT2D eigenvalue weighted by atomic mass is 32.1. The second-order valence-electron chi connectivity index (χ2n) is 5.52.